The highest BCUT2D eigenvalue weighted by Gasteiger charge is 2.19. The molecule has 2 atom stereocenters. The number of ether oxygens (including phenoxy) is 1. The fourth-order valence-electron chi connectivity index (χ4n) is 1.77. The van der Waals surface area contributed by atoms with Crippen molar-refractivity contribution in [3.63, 3.8) is 0 Å². The minimum absolute atomic E-state index is 0.0350. The summed E-state index contributed by atoms with van der Waals surface area (Å²) in [5.41, 5.74) is 6.98. The van der Waals surface area contributed by atoms with E-state index in [4.69, 9.17) is 10.5 Å². The highest BCUT2D eigenvalue weighted by Crippen LogP contribution is 2.26. The molecule has 0 amide bonds. The number of hydrogen-bond donors (Lipinski definition) is 1. The van der Waals surface area contributed by atoms with Crippen molar-refractivity contribution < 1.29 is 9.13 Å². The van der Waals surface area contributed by atoms with E-state index in [9.17, 15) is 4.39 Å². The van der Waals surface area contributed by atoms with E-state index in [0.29, 0.717) is 5.92 Å². The van der Waals surface area contributed by atoms with E-state index in [1.165, 1.54) is 13.2 Å². The molecule has 90 valence electrons. The Balaban J connectivity index is 2.92. The molecule has 0 fully saturated rings. The summed E-state index contributed by atoms with van der Waals surface area (Å²) in [5.74, 6) is 0.456. The molecule has 0 heterocycles. The van der Waals surface area contributed by atoms with Crippen LogP contribution in [0.1, 0.15) is 32.3 Å². The van der Waals surface area contributed by atoms with Gasteiger partial charge < -0.3 is 10.5 Å². The lowest BCUT2D eigenvalue weighted by molar-refractivity contribution is 0.384. The lowest BCUT2D eigenvalue weighted by Gasteiger charge is -2.23. The molecule has 1 rings (SSSR count). The first-order valence-corrected chi connectivity index (χ1v) is 5.56. The molecule has 0 aliphatic rings. The average Bonchev–Trinajstić information content (AvgIpc) is 2.26. The fourth-order valence-corrected chi connectivity index (χ4v) is 1.77. The van der Waals surface area contributed by atoms with Crippen LogP contribution in [-0.2, 0) is 0 Å². The summed E-state index contributed by atoms with van der Waals surface area (Å²) in [5, 5.41) is 0. The molecule has 0 spiro atoms. The SMILES string of the molecule is COc1ccc(C(C)C(N)C(C)C)cc1F. The van der Waals surface area contributed by atoms with Gasteiger partial charge in [0.2, 0.25) is 0 Å². The van der Waals surface area contributed by atoms with E-state index in [0.717, 1.165) is 5.56 Å². The Bertz CT molecular complexity index is 352. The quantitative estimate of drug-likeness (QED) is 0.855. The lowest BCUT2D eigenvalue weighted by atomic mass is 9.87. The second-order valence-electron chi connectivity index (χ2n) is 4.50. The number of benzene rings is 1. The van der Waals surface area contributed by atoms with Crippen molar-refractivity contribution in [2.24, 2.45) is 11.7 Å². The Labute approximate surface area is 96.6 Å². The van der Waals surface area contributed by atoms with E-state index in [2.05, 4.69) is 13.8 Å². The van der Waals surface area contributed by atoms with Crippen LogP contribution < -0.4 is 10.5 Å². The molecule has 0 aliphatic heterocycles. The van der Waals surface area contributed by atoms with Gasteiger partial charge in [-0.3, -0.25) is 0 Å². The van der Waals surface area contributed by atoms with Crippen molar-refractivity contribution in [2.75, 3.05) is 7.11 Å². The Morgan fingerprint density at radius 1 is 1.25 bits per heavy atom. The monoisotopic (exact) mass is 225 g/mol. The highest BCUT2D eigenvalue weighted by molar-refractivity contribution is 5.31. The van der Waals surface area contributed by atoms with Crippen LogP contribution in [-0.4, -0.2) is 13.2 Å². The zero-order chi connectivity index (χ0) is 12.3. The van der Waals surface area contributed by atoms with Gasteiger partial charge in [0.25, 0.3) is 0 Å². The minimum atomic E-state index is -0.331. The molecule has 3 heteroatoms. The predicted molar refractivity (Wildman–Crippen MR) is 64.2 cm³/mol. The van der Waals surface area contributed by atoms with Gasteiger partial charge in [0.15, 0.2) is 11.6 Å². The van der Waals surface area contributed by atoms with Crippen LogP contribution in [0, 0.1) is 11.7 Å². The molecule has 0 radical (unpaired) electrons. The molecular weight excluding hydrogens is 205 g/mol. The van der Waals surface area contributed by atoms with E-state index in [1.807, 2.05) is 13.0 Å². The van der Waals surface area contributed by atoms with E-state index < -0.39 is 0 Å². The zero-order valence-electron chi connectivity index (χ0n) is 10.3. The van der Waals surface area contributed by atoms with Crippen molar-refractivity contribution in [1.29, 1.82) is 0 Å². The van der Waals surface area contributed by atoms with E-state index >= 15 is 0 Å². The van der Waals surface area contributed by atoms with Crippen molar-refractivity contribution in [3.05, 3.63) is 29.6 Å². The van der Waals surface area contributed by atoms with Gasteiger partial charge in [0.1, 0.15) is 0 Å². The number of halogens is 1. The van der Waals surface area contributed by atoms with E-state index in [-0.39, 0.29) is 23.5 Å². The normalized spacial score (nSPS) is 14.9. The predicted octanol–water partition coefficient (Wildman–Crippen LogP) is 2.92. The standard InChI is InChI=1S/C13H20FNO/c1-8(2)13(15)9(3)10-5-6-12(16-4)11(14)7-10/h5-9,13H,15H2,1-4H3. The first-order chi connectivity index (χ1) is 7.47. The molecule has 2 unspecified atom stereocenters. The molecule has 1 aromatic rings. The molecule has 0 saturated carbocycles. The Morgan fingerprint density at radius 3 is 2.31 bits per heavy atom. The van der Waals surface area contributed by atoms with Crippen LogP contribution >= 0.6 is 0 Å². The van der Waals surface area contributed by atoms with Gasteiger partial charge in [-0.1, -0.05) is 26.8 Å². The van der Waals surface area contributed by atoms with Crippen molar-refractivity contribution in [3.8, 4) is 5.75 Å². The molecular formula is C13H20FNO. The van der Waals surface area contributed by atoms with Crippen LogP contribution in [0.5, 0.6) is 5.75 Å². The van der Waals surface area contributed by atoms with Crippen molar-refractivity contribution in [2.45, 2.75) is 32.7 Å². The summed E-state index contributed by atoms with van der Waals surface area (Å²) in [6.07, 6.45) is 0. The van der Waals surface area contributed by atoms with E-state index in [1.54, 1.807) is 6.07 Å². The molecule has 0 aromatic heterocycles. The lowest BCUT2D eigenvalue weighted by Crippen LogP contribution is -2.32. The number of methoxy groups -OCH3 is 1. The smallest absolute Gasteiger partial charge is 0.165 e. The van der Waals surface area contributed by atoms with Crippen LogP contribution in [0.4, 0.5) is 4.39 Å². The molecule has 1 aromatic carbocycles. The summed E-state index contributed by atoms with van der Waals surface area (Å²) < 4.78 is 18.4. The third kappa shape index (κ3) is 2.73. The van der Waals surface area contributed by atoms with Crippen LogP contribution in [0.3, 0.4) is 0 Å². The Morgan fingerprint density at radius 2 is 1.88 bits per heavy atom. The summed E-state index contributed by atoms with van der Waals surface area (Å²) >= 11 is 0. The van der Waals surface area contributed by atoms with Crippen molar-refractivity contribution in [1.82, 2.24) is 0 Å². The molecule has 2 nitrogen and oxygen atoms in total. The summed E-state index contributed by atoms with van der Waals surface area (Å²) in [4.78, 5) is 0. The fraction of sp³-hybridized carbons (Fsp3) is 0.538. The number of rotatable bonds is 4. The third-order valence-electron chi connectivity index (χ3n) is 3.05. The van der Waals surface area contributed by atoms with Gasteiger partial charge >= 0.3 is 0 Å². The Kier molecular flexibility index (Phi) is 4.30. The maximum Gasteiger partial charge on any atom is 0.165 e. The average molecular weight is 225 g/mol. The van der Waals surface area contributed by atoms with Gasteiger partial charge in [-0.15, -0.1) is 0 Å². The first kappa shape index (κ1) is 13.0. The Hall–Kier alpha value is -1.09. The molecule has 0 aliphatic carbocycles. The number of nitrogens with two attached hydrogens (primary N) is 1. The topological polar surface area (TPSA) is 35.2 Å². The van der Waals surface area contributed by atoms with Crippen LogP contribution in [0.15, 0.2) is 18.2 Å². The summed E-state index contributed by atoms with van der Waals surface area (Å²) in [7, 11) is 1.46. The third-order valence-corrected chi connectivity index (χ3v) is 3.05. The van der Waals surface area contributed by atoms with Crippen molar-refractivity contribution >= 4 is 0 Å². The summed E-state index contributed by atoms with van der Waals surface area (Å²) in [6.45, 7) is 6.16. The maximum absolute atomic E-state index is 13.5. The van der Waals surface area contributed by atoms with Gasteiger partial charge in [-0.25, -0.2) is 4.39 Å². The van der Waals surface area contributed by atoms with Gasteiger partial charge in [-0.2, -0.15) is 0 Å². The van der Waals surface area contributed by atoms with Crippen LogP contribution in [0.25, 0.3) is 0 Å². The zero-order valence-corrected chi connectivity index (χ0v) is 10.3. The molecule has 2 N–H and O–H groups in total. The minimum Gasteiger partial charge on any atom is -0.494 e. The summed E-state index contributed by atoms with van der Waals surface area (Å²) in [6, 6.07) is 5.06. The van der Waals surface area contributed by atoms with Gasteiger partial charge in [-0.05, 0) is 29.5 Å². The largest absolute Gasteiger partial charge is 0.494 e. The second kappa shape index (κ2) is 5.30. The molecule has 0 saturated heterocycles. The van der Waals surface area contributed by atoms with Gasteiger partial charge in [0.05, 0.1) is 7.11 Å². The number of hydrogen-bond acceptors (Lipinski definition) is 2. The molecule has 0 bridgehead atoms. The highest BCUT2D eigenvalue weighted by atomic mass is 19.1. The van der Waals surface area contributed by atoms with Gasteiger partial charge in [0, 0.05) is 6.04 Å². The maximum atomic E-state index is 13.5. The first-order valence-electron chi connectivity index (χ1n) is 5.56. The second-order valence-corrected chi connectivity index (χ2v) is 4.50. The van der Waals surface area contributed by atoms with Crippen LogP contribution in [0.2, 0.25) is 0 Å². The molecule has 16 heavy (non-hydrogen) atoms.